The van der Waals surface area contributed by atoms with Gasteiger partial charge in [0.25, 0.3) is 0 Å². The largest absolute Gasteiger partial charge is 0.394 e. The molecule has 0 aromatic rings. The van der Waals surface area contributed by atoms with E-state index < -0.39 is 5.54 Å². The summed E-state index contributed by atoms with van der Waals surface area (Å²) in [5.41, 5.74) is 5.49. The second-order valence-corrected chi connectivity index (χ2v) is 5.21. The van der Waals surface area contributed by atoms with Crippen LogP contribution >= 0.6 is 0 Å². The Morgan fingerprint density at radius 2 is 1.75 bits per heavy atom. The van der Waals surface area contributed by atoms with Crippen molar-refractivity contribution in [2.45, 2.75) is 32.2 Å². The third kappa shape index (κ3) is 8.05. The van der Waals surface area contributed by atoms with E-state index in [1.54, 1.807) is 0 Å². The molecule has 0 aliphatic rings. The first-order valence-corrected chi connectivity index (χ1v) is 6.18. The highest BCUT2D eigenvalue weighted by Gasteiger charge is 2.18. The van der Waals surface area contributed by atoms with E-state index in [1.807, 2.05) is 6.92 Å². The minimum absolute atomic E-state index is 0.0562. The van der Waals surface area contributed by atoms with Crippen LogP contribution in [0.4, 0.5) is 0 Å². The van der Waals surface area contributed by atoms with Crippen LogP contribution in [0.25, 0.3) is 0 Å². The quantitative estimate of drug-likeness (QED) is 0.601. The van der Waals surface area contributed by atoms with Crippen molar-refractivity contribution < 1.29 is 5.11 Å². The zero-order valence-corrected chi connectivity index (χ0v) is 11.4. The van der Waals surface area contributed by atoms with Crippen molar-refractivity contribution >= 4 is 0 Å². The number of aliphatic hydroxyl groups is 1. The number of likely N-dealkylation sites (N-methyl/N-ethyl adjacent to an activating group) is 1. The SMILES string of the molecule is CCCN(CCN(C)C)CCC(C)(N)CO. The van der Waals surface area contributed by atoms with E-state index >= 15 is 0 Å². The molecule has 0 saturated carbocycles. The van der Waals surface area contributed by atoms with Crippen molar-refractivity contribution in [3.05, 3.63) is 0 Å². The van der Waals surface area contributed by atoms with Crippen LogP contribution in [0.2, 0.25) is 0 Å². The number of nitrogens with two attached hydrogens (primary N) is 1. The number of aliphatic hydroxyl groups excluding tert-OH is 1. The molecule has 16 heavy (non-hydrogen) atoms. The van der Waals surface area contributed by atoms with E-state index in [-0.39, 0.29) is 6.61 Å². The zero-order valence-electron chi connectivity index (χ0n) is 11.4. The lowest BCUT2D eigenvalue weighted by atomic mass is 10.0. The highest BCUT2D eigenvalue weighted by atomic mass is 16.3. The van der Waals surface area contributed by atoms with E-state index in [0.717, 1.165) is 39.0 Å². The fraction of sp³-hybridized carbons (Fsp3) is 1.00. The summed E-state index contributed by atoms with van der Waals surface area (Å²) < 4.78 is 0. The maximum atomic E-state index is 9.10. The van der Waals surface area contributed by atoms with Crippen molar-refractivity contribution in [1.29, 1.82) is 0 Å². The Bertz CT molecular complexity index is 172. The van der Waals surface area contributed by atoms with E-state index in [9.17, 15) is 0 Å². The van der Waals surface area contributed by atoms with Gasteiger partial charge in [-0.1, -0.05) is 6.92 Å². The second kappa shape index (κ2) is 8.01. The van der Waals surface area contributed by atoms with Crippen LogP contribution in [0.1, 0.15) is 26.7 Å². The lowest BCUT2D eigenvalue weighted by Crippen LogP contribution is -2.44. The Balaban J connectivity index is 3.93. The highest BCUT2D eigenvalue weighted by molar-refractivity contribution is 4.78. The van der Waals surface area contributed by atoms with Crippen molar-refractivity contribution in [2.24, 2.45) is 5.73 Å². The van der Waals surface area contributed by atoms with E-state index in [2.05, 4.69) is 30.8 Å². The molecule has 98 valence electrons. The fourth-order valence-corrected chi connectivity index (χ4v) is 1.49. The molecule has 0 heterocycles. The Morgan fingerprint density at radius 1 is 1.12 bits per heavy atom. The molecule has 4 heteroatoms. The van der Waals surface area contributed by atoms with Crippen molar-refractivity contribution in [3.8, 4) is 0 Å². The van der Waals surface area contributed by atoms with Crippen LogP contribution in [-0.4, -0.2) is 67.3 Å². The second-order valence-electron chi connectivity index (χ2n) is 5.21. The summed E-state index contributed by atoms with van der Waals surface area (Å²) in [6, 6.07) is 0. The molecule has 0 aromatic carbocycles. The molecule has 0 amide bonds. The topological polar surface area (TPSA) is 52.7 Å². The lowest BCUT2D eigenvalue weighted by molar-refractivity contribution is 0.169. The minimum atomic E-state index is -0.440. The number of nitrogens with zero attached hydrogens (tertiary/aromatic N) is 2. The molecule has 0 fully saturated rings. The third-order valence-electron chi connectivity index (χ3n) is 2.76. The van der Waals surface area contributed by atoms with Crippen LogP contribution in [0.3, 0.4) is 0 Å². The van der Waals surface area contributed by atoms with Gasteiger partial charge in [-0.2, -0.15) is 0 Å². The van der Waals surface area contributed by atoms with Gasteiger partial charge in [0.15, 0.2) is 0 Å². The third-order valence-corrected chi connectivity index (χ3v) is 2.76. The average Bonchev–Trinajstić information content (AvgIpc) is 2.22. The van der Waals surface area contributed by atoms with Gasteiger partial charge >= 0.3 is 0 Å². The Kier molecular flexibility index (Phi) is 7.93. The summed E-state index contributed by atoms with van der Waals surface area (Å²) in [4.78, 5) is 4.61. The summed E-state index contributed by atoms with van der Waals surface area (Å²) in [5.74, 6) is 0. The summed E-state index contributed by atoms with van der Waals surface area (Å²) in [7, 11) is 4.18. The number of hydrogen-bond acceptors (Lipinski definition) is 4. The Hall–Kier alpha value is -0.160. The first kappa shape index (κ1) is 15.8. The fourth-order valence-electron chi connectivity index (χ4n) is 1.49. The highest BCUT2D eigenvalue weighted by Crippen LogP contribution is 2.06. The molecule has 0 bridgehead atoms. The van der Waals surface area contributed by atoms with E-state index in [4.69, 9.17) is 10.8 Å². The van der Waals surface area contributed by atoms with Crippen LogP contribution in [0, 0.1) is 0 Å². The molecule has 0 radical (unpaired) electrons. The monoisotopic (exact) mass is 231 g/mol. The average molecular weight is 231 g/mol. The van der Waals surface area contributed by atoms with Crippen LogP contribution in [0.15, 0.2) is 0 Å². The van der Waals surface area contributed by atoms with Gasteiger partial charge in [0, 0.05) is 25.2 Å². The van der Waals surface area contributed by atoms with Gasteiger partial charge in [-0.05, 0) is 40.4 Å². The van der Waals surface area contributed by atoms with Gasteiger partial charge in [0.1, 0.15) is 0 Å². The van der Waals surface area contributed by atoms with Gasteiger partial charge in [0.05, 0.1) is 6.61 Å². The van der Waals surface area contributed by atoms with Gasteiger partial charge in [-0.25, -0.2) is 0 Å². The minimum Gasteiger partial charge on any atom is -0.394 e. The molecule has 1 atom stereocenters. The molecule has 1 unspecified atom stereocenters. The molecule has 0 rings (SSSR count). The first-order chi connectivity index (χ1) is 7.41. The van der Waals surface area contributed by atoms with Crippen LogP contribution < -0.4 is 5.73 Å². The smallest absolute Gasteiger partial charge is 0.0608 e. The molecular weight excluding hydrogens is 202 g/mol. The molecule has 0 aliphatic carbocycles. The zero-order chi connectivity index (χ0) is 12.6. The van der Waals surface area contributed by atoms with E-state index in [0.29, 0.717) is 0 Å². The van der Waals surface area contributed by atoms with Crippen molar-refractivity contribution in [3.63, 3.8) is 0 Å². The molecular formula is C12H29N3O. The van der Waals surface area contributed by atoms with Crippen molar-refractivity contribution in [1.82, 2.24) is 9.80 Å². The van der Waals surface area contributed by atoms with Gasteiger partial charge in [-0.3, -0.25) is 0 Å². The summed E-state index contributed by atoms with van der Waals surface area (Å²) in [5, 5.41) is 9.10. The van der Waals surface area contributed by atoms with Gasteiger partial charge in [-0.15, -0.1) is 0 Å². The molecule has 4 nitrogen and oxygen atoms in total. The van der Waals surface area contributed by atoms with E-state index in [1.165, 1.54) is 0 Å². The van der Waals surface area contributed by atoms with Gasteiger partial charge < -0.3 is 20.6 Å². The molecule has 0 saturated heterocycles. The predicted octanol–water partition coefficient (Wildman–Crippen LogP) is 0.360. The van der Waals surface area contributed by atoms with Crippen molar-refractivity contribution in [2.75, 3.05) is 46.9 Å². The molecule has 3 N–H and O–H groups in total. The predicted molar refractivity (Wildman–Crippen MR) is 69.6 cm³/mol. The number of hydrogen-bond donors (Lipinski definition) is 2. The first-order valence-electron chi connectivity index (χ1n) is 6.18. The molecule has 0 aliphatic heterocycles. The maximum Gasteiger partial charge on any atom is 0.0608 e. The Labute approximate surface area is 100 Å². The van der Waals surface area contributed by atoms with Crippen LogP contribution in [0.5, 0.6) is 0 Å². The summed E-state index contributed by atoms with van der Waals surface area (Å²) >= 11 is 0. The van der Waals surface area contributed by atoms with Crippen LogP contribution in [-0.2, 0) is 0 Å². The standard InChI is InChI=1S/C12H29N3O/c1-5-7-15(10-9-14(3)4)8-6-12(2,13)11-16/h16H,5-11,13H2,1-4H3. The number of rotatable bonds is 9. The van der Waals surface area contributed by atoms with Gasteiger partial charge in [0.2, 0.25) is 0 Å². The molecule has 0 spiro atoms. The summed E-state index contributed by atoms with van der Waals surface area (Å²) in [6.45, 7) is 8.37. The normalized spacial score (nSPS) is 15.8. The lowest BCUT2D eigenvalue weighted by Gasteiger charge is -2.28. The summed E-state index contributed by atoms with van der Waals surface area (Å²) in [6.07, 6.45) is 2.00. The molecule has 0 aromatic heterocycles. The maximum absolute atomic E-state index is 9.10. The Morgan fingerprint density at radius 3 is 2.19 bits per heavy atom.